The molecule has 0 fully saturated rings. The smallest absolute Gasteiger partial charge is 0.249 e. The molecule has 2 heterocycles. The van der Waals surface area contributed by atoms with Gasteiger partial charge in [-0.3, -0.25) is 0 Å². The maximum absolute atomic E-state index is 7.21. The van der Waals surface area contributed by atoms with Crippen LogP contribution in [0.25, 0.3) is 11.0 Å². The van der Waals surface area contributed by atoms with Crippen molar-refractivity contribution >= 4 is 52.1 Å². The number of anilines is 4. The zero-order valence-corrected chi connectivity index (χ0v) is 43.0. The summed E-state index contributed by atoms with van der Waals surface area (Å²) in [4.78, 5) is 5.27. The summed E-state index contributed by atoms with van der Waals surface area (Å²) in [5, 5.41) is 1.19. The predicted octanol–water partition coefficient (Wildman–Crippen LogP) is 15.6. The van der Waals surface area contributed by atoms with Gasteiger partial charge in [0.05, 0.1) is 17.4 Å². The molecular weight excluding hydrogens is 787 g/mol. The topological polar surface area (TPSA) is 19.6 Å². The van der Waals surface area contributed by atoms with Crippen LogP contribution in [-0.2, 0) is 16.2 Å². The van der Waals surface area contributed by atoms with Gasteiger partial charge in [-0.25, -0.2) is 0 Å². The van der Waals surface area contributed by atoms with Crippen LogP contribution < -0.4 is 20.9 Å². The first kappa shape index (κ1) is 46.8. The molecule has 1 aromatic heterocycles. The third-order valence-electron chi connectivity index (χ3n) is 15.8. The van der Waals surface area contributed by atoms with Crippen molar-refractivity contribution in [3.63, 3.8) is 0 Å². The highest BCUT2D eigenvalue weighted by atomic mass is 16.3. The van der Waals surface area contributed by atoms with E-state index in [2.05, 4.69) is 225 Å². The minimum absolute atomic E-state index is 0.0421. The molecule has 2 unspecified atom stereocenters. The van der Waals surface area contributed by atoms with Crippen LogP contribution in [0.2, 0.25) is 0 Å². The molecule has 3 aliphatic carbocycles. The quantitative estimate of drug-likeness (QED) is 0.103. The van der Waals surface area contributed by atoms with Crippen molar-refractivity contribution in [2.24, 2.45) is 23.2 Å². The number of benzene rings is 3. The number of hydrogen-bond acceptors (Lipinski definition) is 3. The molecule has 0 amide bonds. The van der Waals surface area contributed by atoms with Gasteiger partial charge in [0.1, 0.15) is 5.58 Å². The maximum Gasteiger partial charge on any atom is 0.249 e. The van der Waals surface area contributed by atoms with Gasteiger partial charge in [-0.15, -0.1) is 0 Å². The molecule has 0 bridgehead atoms. The highest BCUT2D eigenvalue weighted by molar-refractivity contribution is 6.72. The largest absolute Gasteiger partial charge is 0.469 e. The van der Waals surface area contributed by atoms with E-state index >= 15 is 0 Å². The molecule has 3 nitrogen and oxygen atoms in total. The van der Waals surface area contributed by atoms with Gasteiger partial charge in [0.15, 0.2) is 0 Å². The average Bonchev–Trinajstić information content (AvgIpc) is 3.61. The summed E-state index contributed by atoms with van der Waals surface area (Å²) >= 11 is 0. The Balaban J connectivity index is 1.39. The monoisotopic (exact) mass is 866 g/mol. The second-order valence-electron chi connectivity index (χ2n) is 23.4. The first-order valence-electron chi connectivity index (χ1n) is 24.9. The molecule has 1 radical (unpaired) electrons. The van der Waals surface area contributed by atoms with E-state index in [1.807, 2.05) is 0 Å². The number of nitrogens with zero attached hydrogens (tertiary/aromatic N) is 2. The van der Waals surface area contributed by atoms with E-state index in [-0.39, 0.29) is 33.6 Å². The number of rotatable bonds is 10. The molecule has 0 N–H and O–H groups in total. The molecule has 3 atom stereocenters. The fourth-order valence-electron chi connectivity index (χ4n) is 11.2. The summed E-state index contributed by atoms with van der Waals surface area (Å²) in [7, 11) is 2.39. The molecule has 0 saturated carbocycles. The van der Waals surface area contributed by atoms with Crippen LogP contribution in [0.1, 0.15) is 152 Å². The van der Waals surface area contributed by atoms with Crippen molar-refractivity contribution in [1.82, 2.24) is 0 Å². The van der Waals surface area contributed by atoms with Gasteiger partial charge >= 0.3 is 0 Å². The molecule has 341 valence electrons. The van der Waals surface area contributed by atoms with Crippen LogP contribution in [0, 0.1) is 30.1 Å². The van der Waals surface area contributed by atoms with E-state index in [4.69, 9.17) is 4.42 Å². The SMILES string of the molecule is C/C=C(\C(=C/CN(c1cc(C)cc2c1[B]c1oc3cc4c(cc3c1N2c1ccc(C(C)(C)C)cc1)C(C)(C)CCC4(C)C)C1C=C(C)C=CC1C1=CC[C@H](C)C=C1)C(C)C)C(C)(C)CC. The maximum atomic E-state index is 7.21. The van der Waals surface area contributed by atoms with Crippen molar-refractivity contribution in [3.8, 4) is 0 Å². The summed E-state index contributed by atoms with van der Waals surface area (Å²) in [6.07, 6.45) is 24.1. The molecule has 4 heteroatoms. The third kappa shape index (κ3) is 8.74. The Hall–Kier alpha value is -4.70. The highest BCUT2D eigenvalue weighted by Gasteiger charge is 2.41. The van der Waals surface area contributed by atoms with Crippen molar-refractivity contribution in [2.75, 3.05) is 16.3 Å². The van der Waals surface area contributed by atoms with E-state index in [9.17, 15) is 0 Å². The standard InChI is InChI=1S/C61H78BN2O/c1-17-48(59(11,12)18-2)45(38(3)4)29-32-63(51-33-40(6)21-28-46(51)42-22-19-39(5)20-23-42)52-34-41(7)35-53-55(52)62-57-56(64(53)44-26-24-43(25-27-44)58(8,9)10)47-36-49-50(37-54(47)65-57)61(15,16)31-30-60(49,13)14/h17,19,21-29,33-39,46,51H,18,20,30-32H2,1-16H3/b45-29-,48-17+/t39-,46?,51?/m1/s1. The fraction of sp³-hybridized carbons (Fsp3) is 0.475. The van der Waals surface area contributed by atoms with Gasteiger partial charge < -0.3 is 14.2 Å². The summed E-state index contributed by atoms with van der Waals surface area (Å²) < 4.78 is 7.21. The second kappa shape index (κ2) is 17.2. The fourth-order valence-corrected chi connectivity index (χ4v) is 11.2. The van der Waals surface area contributed by atoms with Crippen molar-refractivity contribution in [3.05, 3.63) is 142 Å². The second-order valence-corrected chi connectivity index (χ2v) is 23.4. The molecule has 1 aliphatic heterocycles. The Morgan fingerprint density at radius 1 is 0.923 bits per heavy atom. The molecule has 8 rings (SSSR count). The van der Waals surface area contributed by atoms with Gasteiger partial charge in [0.25, 0.3) is 0 Å². The predicted molar refractivity (Wildman–Crippen MR) is 284 cm³/mol. The Bertz CT molecular complexity index is 2660. The minimum atomic E-state index is 0.0421. The first-order chi connectivity index (χ1) is 30.5. The van der Waals surface area contributed by atoms with Crippen LogP contribution in [-0.4, -0.2) is 19.9 Å². The van der Waals surface area contributed by atoms with E-state index < -0.39 is 0 Å². The van der Waals surface area contributed by atoms with E-state index in [1.54, 1.807) is 0 Å². The van der Waals surface area contributed by atoms with Crippen LogP contribution >= 0.6 is 0 Å². The molecule has 0 saturated heterocycles. The van der Waals surface area contributed by atoms with Gasteiger partial charge in [0, 0.05) is 34.9 Å². The Labute approximate surface area is 394 Å². The van der Waals surface area contributed by atoms with Gasteiger partial charge in [-0.1, -0.05) is 156 Å². The van der Waals surface area contributed by atoms with E-state index in [0.29, 0.717) is 11.8 Å². The third-order valence-corrected chi connectivity index (χ3v) is 15.8. The number of allylic oxidation sites excluding steroid dienone is 8. The molecule has 65 heavy (non-hydrogen) atoms. The molecule has 4 aromatic rings. The summed E-state index contributed by atoms with van der Waals surface area (Å²) in [6.45, 7) is 38.4. The number of furan rings is 1. The van der Waals surface area contributed by atoms with Crippen LogP contribution in [0.3, 0.4) is 0 Å². The number of aryl methyl sites for hydroxylation is 1. The Kier molecular flexibility index (Phi) is 12.4. The van der Waals surface area contributed by atoms with E-state index in [1.165, 1.54) is 73.2 Å². The van der Waals surface area contributed by atoms with Gasteiger partial charge in [-0.05, 0) is 161 Å². The van der Waals surface area contributed by atoms with Gasteiger partial charge in [-0.2, -0.15) is 0 Å². The zero-order valence-electron chi connectivity index (χ0n) is 43.0. The average molecular weight is 866 g/mol. The van der Waals surface area contributed by atoms with Crippen LogP contribution in [0.4, 0.5) is 22.7 Å². The lowest BCUT2D eigenvalue weighted by atomic mass is 9.62. The molecule has 3 aromatic carbocycles. The lowest BCUT2D eigenvalue weighted by Gasteiger charge is -2.42. The summed E-state index contributed by atoms with van der Waals surface area (Å²) in [5.74, 6) is 1.13. The molecule has 0 spiro atoms. The number of hydrogen-bond donors (Lipinski definition) is 0. The Morgan fingerprint density at radius 3 is 2.20 bits per heavy atom. The molecule has 4 aliphatic rings. The van der Waals surface area contributed by atoms with Crippen molar-refractivity contribution in [1.29, 1.82) is 0 Å². The minimum Gasteiger partial charge on any atom is -0.469 e. The van der Waals surface area contributed by atoms with Gasteiger partial charge in [0.2, 0.25) is 7.28 Å². The Morgan fingerprint density at radius 2 is 1.60 bits per heavy atom. The van der Waals surface area contributed by atoms with Crippen LogP contribution in [0.15, 0.2) is 124 Å². The van der Waals surface area contributed by atoms with Crippen molar-refractivity contribution in [2.45, 2.75) is 159 Å². The summed E-state index contributed by atoms with van der Waals surface area (Å²) in [6, 6.07) is 19.2. The van der Waals surface area contributed by atoms with Crippen LogP contribution in [0.5, 0.6) is 0 Å². The lowest BCUT2D eigenvalue weighted by molar-refractivity contribution is 0.332. The zero-order chi connectivity index (χ0) is 47.0. The first-order valence-corrected chi connectivity index (χ1v) is 24.9. The lowest BCUT2D eigenvalue weighted by Crippen LogP contribution is -2.47. The van der Waals surface area contributed by atoms with E-state index in [0.717, 1.165) is 48.4 Å². The highest BCUT2D eigenvalue weighted by Crippen LogP contribution is 2.50. The normalized spacial score (nSPS) is 21.7. The summed E-state index contributed by atoms with van der Waals surface area (Å²) in [5.41, 5.74) is 19.1. The molecular formula is C61H78BN2O. The number of fused-ring (bicyclic) bond motifs is 5. The van der Waals surface area contributed by atoms with Crippen molar-refractivity contribution < 1.29 is 4.42 Å².